The summed E-state index contributed by atoms with van der Waals surface area (Å²) in [6, 6.07) is 4.78. The first-order valence-electron chi connectivity index (χ1n) is 6.06. The Labute approximate surface area is 110 Å². The van der Waals surface area contributed by atoms with Gasteiger partial charge in [-0.05, 0) is 13.0 Å². The number of pyridine rings is 1. The summed E-state index contributed by atoms with van der Waals surface area (Å²) in [4.78, 5) is 27.2. The number of imidazole rings is 1. The predicted octanol–water partition coefficient (Wildman–Crippen LogP) is 0.250. The predicted molar refractivity (Wildman–Crippen MR) is 70.5 cm³/mol. The molecule has 0 spiro atoms. The quantitative estimate of drug-likeness (QED) is 0.838. The van der Waals surface area contributed by atoms with Crippen LogP contribution in [0.3, 0.4) is 0 Å². The van der Waals surface area contributed by atoms with Crippen molar-refractivity contribution in [3.05, 3.63) is 53.5 Å². The van der Waals surface area contributed by atoms with Gasteiger partial charge in [-0.15, -0.1) is 0 Å². The molecule has 100 valence electrons. The van der Waals surface area contributed by atoms with E-state index in [9.17, 15) is 9.59 Å². The van der Waals surface area contributed by atoms with Gasteiger partial charge in [-0.2, -0.15) is 0 Å². The van der Waals surface area contributed by atoms with Crippen LogP contribution in [0.15, 0.2) is 47.9 Å². The standard InChI is InChI=1S/C13H16N4O2/c1-11(8-16-7-5-14-10-16)15-12(18)9-17-6-3-2-4-13(17)19/h2-7,10-11H,8-9H2,1H3,(H,15,18)/t11-/m1/s1. The zero-order chi connectivity index (χ0) is 13.7. The van der Waals surface area contributed by atoms with Gasteiger partial charge >= 0.3 is 0 Å². The van der Waals surface area contributed by atoms with Crippen molar-refractivity contribution in [2.24, 2.45) is 0 Å². The molecule has 0 radical (unpaired) electrons. The van der Waals surface area contributed by atoms with Gasteiger partial charge in [-0.3, -0.25) is 9.59 Å². The van der Waals surface area contributed by atoms with E-state index >= 15 is 0 Å². The van der Waals surface area contributed by atoms with Crippen LogP contribution in [0.4, 0.5) is 0 Å². The topological polar surface area (TPSA) is 68.9 Å². The number of hydrogen-bond donors (Lipinski definition) is 1. The number of amides is 1. The summed E-state index contributed by atoms with van der Waals surface area (Å²) in [7, 11) is 0. The third-order valence-electron chi connectivity index (χ3n) is 2.66. The molecule has 0 fully saturated rings. The number of hydrogen-bond acceptors (Lipinski definition) is 3. The molecule has 0 aromatic carbocycles. The van der Waals surface area contributed by atoms with Crippen molar-refractivity contribution in [1.82, 2.24) is 19.4 Å². The Kier molecular flexibility index (Phi) is 4.12. The molecule has 0 aliphatic rings. The molecule has 2 rings (SSSR count). The van der Waals surface area contributed by atoms with E-state index < -0.39 is 0 Å². The second-order valence-corrected chi connectivity index (χ2v) is 4.39. The van der Waals surface area contributed by atoms with Gasteiger partial charge in [0, 0.05) is 37.2 Å². The lowest BCUT2D eigenvalue weighted by Crippen LogP contribution is -2.39. The summed E-state index contributed by atoms with van der Waals surface area (Å²) < 4.78 is 3.26. The van der Waals surface area contributed by atoms with Gasteiger partial charge in [-0.1, -0.05) is 6.07 Å². The highest BCUT2D eigenvalue weighted by Crippen LogP contribution is 1.92. The monoisotopic (exact) mass is 260 g/mol. The van der Waals surface area contributed by atoms with Crippen LogP contribution in [0.5, 0.6) is 0 Å². The van der Waals surface area contributed by atoms with E-state index in [-0.39, 0.29) is 24.1 Å². The summed E-state index contributed by atoms with van der Waals surface area (Å²) in [6.07, 6.45) is 6.83. The van der Waals surface area contributed by atoms with Gasteiger partial charge in [0.2, 0.25) is 5.91 Å². The number of carbonyl (C=O) groups excluding carboxylic acids is 1. The lowest BCUT2D eigenvalue weighted by atomic mass is 10.3. The number of aromatic nitrogens is 3. The first-order valence-corrected chi connectivity index (χ1v) is 6.06. The summed E-state index contributed by atoms with van der Waals surface area (Å²) in [5.74, 6) is -0.180. The molecule has 2 heterocycles. The molecule has 2 aromatic heterocycles. The van der Waals surface area contributed by atoms with E-state index in [1.807, 2.05) is 17.7 Å². The van der Waals surface area contributed by atoms with Crippen LogP contribution in [0.25, 0.3) is 0 Å². The maximum Gasteiger partial charge on any atom is 0.250 e. The molecule has 2 aromatic rings. The number of nitrogens with zero attached hydrogens (tertiary/aromatic N) is 3. The molecule has 6 heteroatoms. The summed E-state index contributed by atoms with van der Waals surface area (Å²) in [6.45, 7) is 2.59. The fourth-order valence-corrected chi connectivity index (χ4v) is 1.82. The average Bonchev–Trinajstić information content (AvgIpc) is 2.84. The summed E-state index contributed by atoms with van der Waals surface area (Å²) in [5.41, 5.74) is -0.181. The zero-order valence-electron chi connectivity index (χ0n) is 10.7. The Morgan fingerprint density at radius 1 is 1.42 bits per heavy atom. The fourth-order valence-electron chi connectivity index (χ4n) is 1.82. The number of nitrogens with one attached hydrogen (secondary N) is 1. The Morgan fingerprint density at radius 2 is 2.26 bits per heavy atom. The molecule has 19 heavy (non-hydrogen) atoms. The van der Waals surface area contributed by atoms with Crippen molar-refractivity contribution in [3.8, 4) is 0 Å². The van der Waals surface area contributed by atoms with Gasteiger partial charge in [0.05, 0.1) is 6.33 Å². The van der Waals surface area contributed by atoms with Gasteiger partial charge in [0.1, 0.15) is 6.54 Å². The van der Waals surface area contributed by atoms with E-state index in [0.717, 1.165) is 0 Å². The molecular weight excluding hydrogens is 244 g/mol. The molecule has 1 amide bonds. The molecule has 1 N–H and O–H groups in total. The first-order chi connectivity index (χ1) is 9.15. The molecule has 0 aliphatic carbocycles. The van der Waals surface area contributed by atoms with Crippen molar-refractivity contribution < 1.29 is 4.79 Å². The molecule has 0 saturated heterocycles. The molecule has 0 bridgehead atoms. The average molecular weight is 260 g/mol. The van der Waals surface area contributed by atoms with Crippen molar-refractivity contribution in [2.45, 2.75) is 26.1 Å². The SMILES string of the molecule is C[C@H](Cn1ccnc1)NC(=O)Cn1ccccc1=O. The van der Waals surface area contributed by atoms with Gasteiger partial charge in [0.25, 0.3) is 5.56 Å². The molecular formula is C13H16N4O2. The van der Waals surface area contributed by atoms with Crippen molar-refractivity contribution >= 4 is 5.91 Å². The number of carbonyl (C=O) groups is 1. The summed E-state index contributed by atoms with van der Waals surface area (Å²) in [5, 5.41) is 2.85. The zero-order valence-corrected chi connectivity index (χ0v) is 10.7. The molecule has 6 nitrogen and oxygen atoms in total. The van der Waals surface area contributed by atoms with E-state index in [1.165, 1.54) is 10.6 Å². The van der Waals surface area contributed by atoms with Crippen LogP contribution >= 0.6 is 0 Å². The second-order valence-electron chi connectivity index (χ2n) is 4.39. The Bertz CT molecular complexity index is 589. The molecule has 0 unspecified atom stereocenters. The lowest BCUT2D eigenvalue weighted by molar-refractivity contribution is -0.122. The highest BCUT2D eigenvalue weighted by molar-refractivity contribution is 5.75. The maximum absolute atomic E-state index is 11.8. The fraction of sp³-hybridized carbons (Fsp3) is 0.308. The third kappa shape index (κ3) is 3.80. The normalized spacial score (nSPS) is 12.1. The van der Waals surface area contributed by atoms with Crippen LogP contribution in [-0.4, -0.2) is 26.1 Å². The third-order valence-corrected chi connectivity index (χ3v) is 2.66. The highest BCUT2D eigenvalue weighted by atomic mass is 16.2. The van der Waals surface area contributed by atoms with Crippen LogP contribution < -0.4 is 10.9 Å². The minimum atomic E-state index is -0.181. The summed E-state index contributed by atoms with van der Waals surface area (Å²) >= 11 is 0. The first kappa shape index (κ1) is 13.1. The Morgan fingerprint density at radius 3 is 2.95 bits per heavy atom. The van der Waals surface area contributed by atoms with Gasteiger partial charge in [0.15, 0.2) is 0 Å². The Balaban J connectivity index is 1.87. The van der Waals surface area contributed by atoms with Gasteiger partial charge in [-0.25, -0.2) is 4.98 Å². The second kappa shape index (κ2) is 5.99. The van der Waals surface area contributed by atoms with Crippen molar-refractivity contribution in [2.75, 3.05) is 0 Å². The van der Waals surface area contributed by atoms with Crippen LogP contribution in [-0.2, 0) is 17.9 Å². The minimum Gasteiger partial charge on any atom is -0.350 e. The maximum atomic E-state index is 11.8. The molecule has 0 saturated carbocycles. The van der Waals surface area contributed by atoms with Crippen LogP contribution in [0.1, 0.15) is 6.92 Å². The molecule has 0 aliphatic heterocycles. The smallest absolute Gasteiger partial charge is 0.250 e. The van der Waals surface area contributed by atoms with Gasteiger partial charge < -0.3 is 14.5 Å². The molecule has 1 atom stereocenters. The number of rotatable bonds is 5. The van der Waals surface area contributed by atoms with Crippen LogP contribution in [0.2, 0.25) is 0 Å². The lowest BCUT2D eigenvalue weighted by Gasteiger charge is -2.14. The van der Waals surface area contributed by atoms with E-state index in [2.05, 4.69) is 10.3 Å². The van der Waals surface area contributed by atoms with E-state index in [0.29, 0.717) is 6.54 Å². The van der Waals surface area contributed by atoms with Crippen molar-refractivity contribution in [3.63, 3.8) is 0 Å². The van der Waals surface area contributed by atoms with Crippen molar-refractivity contribution in [1.29, 1.82) is 0 Å². The Hall–Kier alpha value is -2.37. The highest BCUT2D eigenvalue weighted by Gasteiger charge is 2.08. The largest absolute Gasteiger partial charge is 0.350 e. The van der Waals surface area contributed by atoms with E-state index in [1.54, 1.807) is 30.9 Å². The van der Waals surface area contributed by atoms with Crippen LogP contribution in [0, 0.1) is 0 Å². The minimum absolute atomic E-state index is 0.0267. The van der Waals surface area contributed by atoms with E-state index in [4.69, 9.17) is 0 Å².